The van der Waals surface area contributed by atoms with Gasteiger partial charge in [0.15, 0.2) is 0 Å². The monoisotopic (exact) mass is 375 g/mol. The topological polar surface area (TPSA) is 77.2 Å². The number of ether oxygens (including phenoxy) is 1. The van der Waals surface area contributed by atoms with Gasteiger partial charge in [0.1, 0.15) is 17.3 Å². The average molecular weight is 375 g/mol. The zero-order valence-electron chi connectivity index (χ0n) is 16.5. The molecule has 2 aromatic carbocycles. The van der Waals surface area contributed by atoms with Gasteiger partial charge in [0.25, 0.3) is 5.91 Å². The second-order valence-electron chi connectivity index (χ2n) is 6.76. The number of nitrogens with zero attached hydrogens (tertiary/aromatic N) is 1. The fourth-order valence-electron chi connectivity index (χ4n) is 2.92. The van der Waals surface area contributed by atoms with E-state index in [1.807, 2.05) is 44.2 Å². The number of rotatable bonds is 6. The Hall–Kier alpha value is -3.34. The molecule has 0 bridgehead atoms. The molecule has 5 nitrogen and oxygen atoms in total. The highest BCUT2D eigenvalue weighted by molar-refractivity contribution is 6.07. The van der Waals surface area contributed by atoms with Crippen LogP contribution in [0, 0.1) is 13.8 Å². The molecule has 0 fully saturated rings. The number of aryl methyl sites for hydroxylation is 3. The van der Waals surface area contributed by atoms with Gasteiger partial charge in [-0.15, -0.1) is 0 Å². The second kappa shape index (κ2) is 8.57. The van der Waals surface area contributed by atoms with Crippen LogP contribution in [0.5, 0.6) is 11.5 Å². The lowest BCUT2D eigenvalue weighted by molar-refractivity contribution is 0.102. The van der Waals surface area contributed by atoms with Crippen LogP contribution in [-0.4, -0.2) is 10.9 Å². The number of nitrogen functional groups attached to an aromatic ring is 1. The Morgan fingerprint density at radius 1 is 1.11 bits per heavy atom. The van der Waals surface area contributed by atoms with Crippen molar-refractivity contribution in [1.82, 2.24) is 4.98 Å². The van der Waals surface area contributed by atoms with E-state index in [0.29, 0.717) is 17.0 Å². The van der Waals surface area contributed by atoms with Gasteiger partial charge in [0.2, 0.25) is 0 Å². The van der Waals surface area contributed by atoms with Gasteiger partial charge in [0, 0.05) is 11.4 Å². The summed E-state index contributed by atoms with van der Waals surface area (Å²) in [5, 5.41) is 2.85. The second-order valence-corrected chi connectivity index (χ2v) is 6.76. The number of benzene rings is 2. The van der Waals surface area contributed by atoms with Crippen molar-refractivity contribution >= 4 is 17.4 Å². The number of nitrogens with one attached hydrogen (secondary N) is 1. The maximum atomic E-state index is 12.5. The SMILES string of the molecule is CCCc1ccccc1Oc1ccc(NC(=O)c2cc(C)c(C)nc2N)cc1. The van der Waals surface area contributed by atoms with Crippen molar-refractivity contribution in [3.8, 4) is 11.5 Å². The van der Waals surface area contributed by atoms with E-state index in [1.54, 1.807) is 18.2 Å². The molecule has 0 aliphatic rings. The van der Waals surface area contributed by atoms with Crippen LogP contribution < -0.4 is 15.8 Å². The molecule has 1 heterocycles. The summed E-state index contributed by atoms with van der Waals surface area (Å²) in [5.41, 5.74) is 9.86. The summed E-state index contributed by atoms with van der Waals surface area (Å²) in [6, 6.07) is 17.1. The van der Waals surface area contributed by atoms with Gasteiger partial charge in [-0.05, 0) is 67.8 Å². The number of hydrogen-bond acceptors (Lipinski definition) is 4. The number of aromatic nitrogens is 1. The smallest absolute Gasteiger partial charge is 0.259 e. The minimum Gasteiger partial charge on any atom is -0.457 e. The van der Waals surface area contributed by atoms with Crippen LogP contribution in [-0.2, 0) is 6.42 Å². The van der Waals surface area contributed by atoms with Gasteiger partial charge in [-0.1, -0.05) is 31.5 Å². The molecule has 0 unspecified atom stereocenters. The Kier molecular flexibility index (Phi) is 5.94. The normalized spacial score (nSPS) is 10.5. The highest BCUT2D eigenvalue weighted by Crippen LogP contribution is 2.27. The van der Waals surface area contributed by atoms with E-state index in [-0.39, 0.29) is 11.7 Å². The van der Waals surface area contributed by atoms with Gasteiger partial charge in [-0.25, -0.2) is 4.98 Å². The molecule has 0 aliphatic heterocycles. The highest BCUT2D eigenvalue weighted by Gasteiger charge is 2.13. The molecule has 0 spiro atoms. The van der Waals surface area contributed by atoms with Gasteiger partial charge in [0.05, 0.1) is 5.56 Å². The summed E-state index contributed by atoms with van der Waals surface area (Å²) >= 11 is 0. The summed E-state index contributed by atoms with van der Waals surface area (Å²) in [6.07, 6.45) is 2.03. The molecular formula is C23H25N3O2. The Bertz CT molecular complexity index is 982. The molecule has 0 atom stereocenters. The van der Waals surface area contributed by atoms with Crippen LogP contribution >= 0.6 is 0 Å². The number of amides is 1. The summed E-state index contributed by atoms with van der Waals surface area (Å²) in [6.45, 7) is 5.91. The number of carbonyl (C=O) groups excluding carboxylic acids is 1. The fourth-order valence-corrected chi connectivity index (χ4v) is 2.92. The summed E-state index contributed by atoms with van der Waals surface area (Å²) < 4.78 is 6.01. The maximum absolute atomic E-state index is 12.5. The van der Waals surface area contributed by atoms with Gasteiger partial charge >= 0.3 is 0 Å². The lowest BCUT2D eigenvalue weighted by atomic mass is 10.1. The summed E-state index contributed by atoms with van der Waals surface area (Å²) in [4.78, 5) is 16.7. The number of nitrogens with two attached hydrogens (primary N) is 1. The van der Waals surface area contributed by atoms with E-state index < -0.39 is 0 Å². The Labute approximate surface area is 165 Å². The molecule has 3 aromatic rings. The first kappa shape index (κ1) is 19.4. The lowest BCUT2D eigenvalue weighted by Crippen LogP contribution is -2.15. The Balaban J connectivity index is 1.71. The van der Waals surface area contributed by atoms with Crippen LogP contribution in [0.2, 0.25) is 0 Å². The Morgan fingerprint density at radius 2 is 1.82 bits per heavy atom. The molecule has 0 aliphatic carbocycles. The maximum Gasteiger partial charge on any atom is 0.259 e. The molecule has 5 heteroatoms. The third-order valence-electron chi connectivity index (χ3n) is 4.57. The van der Waals surface area contributed by atoms with Crippen molar-refractivity contribution < 1.29 is 9.53 Å². The van der Waals surface area contributed by atoms with E-state index in [0.717, 1.165) is 29.8 Å². The zero-order valence-corrected chi connectivity index (χ0v) is 16.5. The van der Waals surface area contributed by atoms with E-state index in [1.165, 1.54) is 5.56 Å². The number of carbonyl (C=O) groups is 1. The zero-order chi connectivity index (χ0) is 20.1. The van der Waals surface area contributed by atoms with E-state index >= 15 is 0 Å². The van der Waals surface area contributed by atoms with Crippen LogP contribution in [0.15, 0.2) is 54.6 Å². The first-order valence-electron chi connectivity index (χ1n) is 9.38. The van der Waals surface area contributed by atoms with E-state index in [2.05, 4.69) is 23.3 Å². The van der Waals surface area contributed by atoms with Crippen LogP contribution in [0.3, 0.4) is 0 Å². The van der Waals surface area contributed by atoms with Crippen LogP contribution in [0.25, 0.3) is 0 Å². The lowest BCUT2D eigenvalue weighted by Gasteiger charge is -2.12. The van der Waals surface area contributed by atoms with Crippen molar-refractivity contribution in [1.29, 1.82) is 0 Å². The standard InChI is InChI=1S/C23H25N3O2/c1-4-7-17-8-5-6-9-21(17)28-19-12-10-18(11-13-19)26-23(27)20-14-15(2)16(3)25-22(20)24/h5-6,8-14H,4,7H2,1-3H3,(H2,24,25)(H,26,27). The summed E-state index contributed by atoms with van der Waals surface area (Å²) in [7, 11) is 0. The molecular weight excluding hydrogens is 350 g/mol. The molecule has 0 saturated heterocycles. The first-order chi connectivity index (χ1) is 13.5. The molecule has 0 saturated carbocycles. The Morgan fingerprint density at radius 3 is 2.54 bits per heavy atom. The predicted molar refractivity (Wildman–Crippen MR) is 113 cm³/mol. The number of pyridine rings is 1. The van der Waals surface area contributed by atoms with Crippen molar-refractivity contribution in [2.24, 2.45) is 0 Å². The highest BCUT2D eigenvalue weighted by atomic mass is 16.5. The van der Waals surface area contributed by atoms with Crippen molar-refractivity contribution in [3.05, 3.63) is 77.0 Å². The molecule has 1 aromatic heterocycles. The summed E-state index contributed by atoms with van der Waals surface area (Å²) in [5.74, 6) is 1.52. The minimum absolute atomic E-state index is 0.230. The van der Waals surface area contributed by atoms with E-state index in [4.69, 9.17) is 10.5 Å². The third kappa shape index (κ3) is 4.49. The molecule has 28 heavy (non-hydrogen) atoms. The first-order valence-corrected chi connectivity index (χ1v) is 9.38. The van der Waals surface area contributed by atoms with Crippen LogP contribution in [0.1, 0.15) is 40.5 Å². The quantitative estimate of drug-likeness (QED) is 0.615. The van der Waals surface area contributed by atoms with Crippen molar-refractivity contribution in [3.63, 3.8) is 0 Å². The minimum atomic E-state index is -0.282. The third-order valence-corrected chi connectivity index (χ3v) is 4.57. The molecule has 3 rings (SSSR count). The molecule has 144 valence electrons. The van der Waals surface area contributed by atoms with Gasteiger partial charge in [-0.2, -0.15) is 0 Å². The largest absolute Gasteiger partial charge is 0.457 e. The van der Waals surface area contributed by atoms with Gasteiger partial charge < -0.3 is 15.8 Å². The van der Waals surface area contributed by atoms with Crippen molar-refractivity contribution in [2.45, 2.75) is 33.6 Å². The van der Waals surface area contributed by atoms with Crippen LogP contribution in [0.4, 0.5) is 11.5 Å². The average Bonchev–Trinajstić information content (AvgIpc) is 2.68. The molecule has 0 radical (unpaired) electrons. The van der Waals surface area contributed by atoms with Crippen molar-refractivity contribution in [2.75, 3.05) is 11.1 Å². The van der Waals surface area contributed by atoms with E-state index in [9.17, 15) is 4.79 Å². The number of para-hydroxylation sites is 1. The number of anilines is 2. The molecule has 3 N–H and O–H groups in total. The predicted octanol–water partition coefficient (Wildman–Crippen LogP) is 5.28. The van der Waals surface area contributed by atoms with Gasteiger partial charge in [-0.3, -0.25) is 4.79 Å². The molecule has 1 amide bonds. The number of hydrogen-bond donors (Lipinski definition) is 2. The fraction of sp³-hybridized carbons (Fsp3) is 0.217.